The lowest BCUT2D eigenvalue weighted by atomic mass is 10.1. The van der Waals surface area contributed by atoms with Crippen molar-refractivity contribution in [1.82, 2.24) is 14.3 Å². The fourth-order valence-corrected chi connectivity index (χ4v) is 4.11. The second kappa shape index (κ2) is 11.2. The first-order valence-electron chi connectivity index (χ1n) is 11.8. The summed E-state index contributed by atoms with van der Waals surface area (Å²) >= 11 is 0. The Morgan fingerprint density at radius 1 is 0.974 bits per heavy atom. The van der Waals surface area contributed by atoms with E-state index in [0.717, 1.165) is 15.9 Å². The van der Waals surface area contributed by atoms with Crippen molar-refractivity contribution in [3.8, 4) is 11.4 Å². The predicted octanol–water partition coefficient (Wildman–Crippen LogP) is 4.73. The van der Waals surface area contributed by atoms with Crippen molar-refractivity contribution in [2.24, 2.45) is 0 Å². The molecule has 10 heteroatoms. The van der Waals surface area contributed by atoms with E-state index >= 15 is 0 Å². The van der Waals surface area contributed by atoms with E-state index < -0.39 is 24.5 Å². The van der Waals surface area contributed by atoms with Crippen molar-refractivity contribution in [3.05, 3.63) is 111 Å². The Labute approximate surface area is 217 Å². The normalized spacial score (nSPS) is 11.8. The molecule has 2 aromatic carbocycles. The van der Waals surface area contributed by atoms with Crippen molar-refractivity contribution in [2.45, 2.75) is 40.0 Å². The molecule has 0 amide bonds. The summed E-state index contributed by atoms with van der Waals surface area (Å²) < 4.78 is 37.6. The Balaban J connectivity index is 1.50. The van der Waals surface area contributed by atoms with Gasteiger partial charge < -0.3 is 14.0 Å². The van der Waals surface area contributed by atoms with Gasteiger partial charge in [-0.05, 0) is 62.7 Å². The van der Waals surface area contributed by atoms with Crippen LogP contribution in [0.1, 0.15) is 44.7 Å². The van der Waals surface area contributed by atoms with E-state index in [2.05, 4.69) is 9.84 Å². The summed E-state index contributed by atoms with van der Waals surface area (Å²) in [6, 6.07) is 19.4. The van der Waals surface area contributed by atoms with Gasteiger partial charge in [-0.2, -0.15) is 13.9 Å². The van der Waals surface area contributed by atoms with E-state index in [1.165, 1.54) is 31.2 Å². The number of hydrogen-bond donors (Lipinski definition) is 0. The molecule has 0 N–H and O–H groups in total. The van der Waals surface area contributed by atoms with Crippen LogP contribution in [0, 0.1) is 13.8 Å². The van der Waals surface area contributed by atoms with E-state index in [1.54, 1.807) is 36.6 Å². The molecular weight excluding hydrogens is 496 g/mol. The van der Waals surface area contributed by atoms with E-state index in [0.29, 0.717) is 16.9 Å². The van der Waals surface area contributed by atoms with Crippen LogP contribution in [0.15, 0.2) is 77.6 Å². The first-order valence-corrected chi connectivity index (χ1v) is 11.8. The molecule has 0 aliphatic carbocycles. The lowest BCUT2D eigenvalue weighted by Crippen LogP contribution is -2.28. The van der Waals surface area contributed by atoms with Crippen molar-refractivity contribution >= 4 is 11.8 Å². The van der Waals surface area contributed by atoms with Crippen LogP contribution in [0.25, 0.3) is 5.69 Å². The van der Waals surface area contributed by atoms with Crippen LogP contribution in [-0.4, -0.2) is 38.8 Å². The monoisotopic (exact) mass is 521 g/mol. The number of Topliss-reactive ketones (excluding diaryl/α,β-unsaturated/α-hetero) is 1. The van der Waals surface area contributed by atoms with E-state index in [9.17, 15) is 23.2 Å². The molecule has 0 fully saturated rings. The maximum absolute atomic E-state index is 13.2. The van der Waals surface area contributed by atoms with Crippen LogP contribution >= 0.6 is 0 Å². The molecule has 0 aliphatic heterocycles. The molecule has 196 valence electrons. The SMILES string of the molecule is Cc1cc(C(=O)[C@@H](C)OC(=O)c2ccc(=O)n(Cc3ccccc3)n2)c(C)n1-c1ccc(OC(F)F)cc1. The third-order valence-corrected chi connectivity index (χ3v) is 5.92. The number of ether oxygens (including phenoxy) is 2. The number of halogens is 2. The molecule has 0 saturated carbocycles. The fourth-order valence-electron chi connectivity index (χ4n) is 4.11. The number of ketones is 1. The van der Waals surface area contributed by atoms with Gasteiger partial charge in [0.05, 0.1) is 6.54 Å². The molecule has 38 heavy (non-hydrogen) atoms. The summed E-state index contributed by atoms with van der Waals surface area (Å²) in [7, 11) is 0. The minimum Gasteiger partial charge on any atom is -0.449 e. The minimum absolute atomic E-state index is 0.0201. The molecule has 0 bridgehead atoms. The first kappa shape index (κ1) is 26.5. The number of esters is 1. The van der Waals surface area contributed by atoms with Crippen molar-refractivity contribution in [3.63, 3.8) is 0 Å². The van der Waals surface area contributed by atoms with Gasteiger partial charge in [0, 0.05) is 28.7 Å². The highest BCUT2D eigenvalue weighted by Crippen LogP contribution is 2.25. The van der Waals surface area contributed by atoms with Crippen LogP contribution in [-0.2, 0) is 11.3 Å². The Hall–Kier alpha value is -4.60. The van der Waals surface area contributed by atoms with Crippen LogP contribution in [0.4, 0.5) is 8.78 Å². The van der Waals surface area contributed by atoms with Gasteiger partial charge in [0.1, 0.15) is 5.75 Å². The van der Waals surface area contributed by atoms with Crippen LogP contribution < -0.4 is 10.3 Å². The highest BCUT2D eigenvalue weighted by Gasteiger charge is 2.25. The third kappa shape index (κ3) is 5.86. The summed E-state index contributed by atoms with van der Waals surface area (Å²) in [5.74, 6) is -1.24. The van der Waals surface area contributed by atoms with Gasteiger partial charge in [-0.15, -0.1) is 0 Å². The topological polar surface area (TPSA) is 92.4 Å². The molecule has 1 atom stereocenters. The van der Waals surface area contributed by atoms with E-state index in [4.69, 9.17) is 4.74 Å². The molecule has 0 aliphatic rings. The number of benzene rings is 2. The Bertz CT molecular complexity index is 1510. The van der Waals surface area contributed by atoms with Crippen molar-refractivity contribution < 1.29 is 27.8 Å². The third-order valence-electron chi connectivity index (χ3n) is 5.92. The highest BCUT2D eigenvalue weighted by molar-refractivity contribution is 6.02. The van der Waals surface area contributed by atoms with Crippen molar-refractivity contribution in [1.29, 1.82) is 0 Å². The van der Waals surface area contributed by atoms with Gasteiger partial charge >= 0.3 is 12.6 Å². The van der Waals surface area contributed by atoms with Gasteiger partial charge in [-0.1, -0.05) is 30.3 Å². The highest BCUT2D eigenvalue weighted by atomic mass is 19.3. The molecule has 0 radical (unpaired) electrons. The number of carbonyl (C=O) groups is 2. The Kier molecular flexibility index (Phi) is 7.80. The number of nitrogens with zero attached hydrogens (tertiary/aromatic N) is 3. The molecule has 4 aromatic rings. The molecule has 0 spiro atoms. The lowest BCUT2D eigenvalue weighted by molar-refractivity contribution is -0.0498. The van der Waals surface area contributed by atoms with Gasteiger partial charge in [0.2, 0.25) is 5.78 Å². The number of hydrogen-bond acceptors (Lipinski definition) is 6. The summed E-state index contributed by atoms with van der Waals surface area (Å²) in [5.41, 5.74) is 2.66. The number of aromatic nitrogens is 3. The average Bonchev–Trinajstić information content (AvgIpc) is 3.19. The second-order valence-corrected chi connectivity index (χ2v) is 8.60. The molecule has 0 unspecified atom stereocenters. The summed E-state index contributed by atoms with van der Waals surface area (Å²) in [6.07, 6.45) is -1.13. The largest absolute Gasteiger partial charge is 0.449 e. The zero-order valence-electron chi connectivity index (χ0n) is 20.9. The second-order valence-electron chi connectivity index (χ2n) is 8.60. The Morgan fingerprint density at radius 3 is 2.32 bits per heavy atom. The Morgan fingerprint density at radius 2 is 1.66 bits per heavy atom. The maximum Gasteiger partial charge on any atom is 0.387 e. The minimum atomic E-state index is -2.92. The van der Waals surface area contributed by atoms with Gasteiger partial charge in [0.25, 0.3) is 5.56 Å². The lowest BCUT2D eigenvalue weighted by Gasteiger charge is -2.14. The van der Waals surface area contributed by atoms with Gasteiger partial charge in [-0.25, -0.2) is 9.48 Å². The number of carbonyl (C=O) groups excluding carboxylic acids is 2. The number of alkyl halides is 2. The van der Waals surface area contributed by atoms with Gasteiger partial charge in [-0.3, -0.25) is 9.59 Å². The summed E-state index contributed by atoms with van der Waals surface area (Å²) in [4.78, 5) is 38.2. The van der Waals surface area contributed by atoms with E-state index in [1.807, 2.05) is 30.3 Å². The predicted molar refractivity (Wildman–Crippen MR) is 135 cm³/mol. The molecule has 8 nitrogen and oxygen atoms in total. The zero-order valence-corrected chi connectivity index (χ0v) is 20.9. The zero-order chi connectivity index (χ0) is 27.4. The van der Waals surface area contributed by atoms with Gasteiger partial charge in [0.15, 0.2) is 11.8 Å². The quantitative estimate of drug-likeness (QED) is 0.234. The maximum atomic E-state index is 13.2. The summed E-state index contributed by atoms with van der Waals surface area (Å²) in [6.45, 7) is 2.24. The number of rotatable bonds is 9. The average molecular weight is 522 g/mol. The van der Waals surface area contributed by atoms with E-state index in [-0.39, 0.29) is 23.5 Å². The van der Waals surface area contributed by atoms with Crippen molar-refractivity contribution in [2.75, 3.05) is 0 Å². The molecule has 0 saturated heterocycles. The standard InChI is InChI=1S/C28H25F2N3O5/c1-17-15-23(18(2)33(17)21-9-11-22(12-10-21)38-28(29)30)26(35)19(3)37-27(36)24-13-14-25(34)32(31-24)16-20-7-5-4-6-8-20/h4-15,19,28H,16H2,1-3H3/t19-/m1/s1. The van der Waals surface area contributed by atoms with Crippen LogP contribution in [0.3, 0.4) is 0 Å². The smallest absolute Gasteiger partial charge is 0.387 e. The number of aryl methyl sites for hydroxylation is 1. The van der Waals surface area contributed by atoms with Crippen LogP contribution in [0.5, 0.6) is 5.75 Å². The fraction of sp³-hybridized carbons (Fsp3) is 0.214. The first-order chi connectivity index (χ1) is 18.1. The molecule has 2 aromatic heterocycles. The summed E-state index contributed by atoms with van der Waals surface area (Å²) in [5, 5.41) is 4.11. The molecular formula is C28H25F2N3O5. The molecule has 4 rings (SSSR count). The van der Waals surface area contributed by atoms with Crippen LogP contribution in [0.2, 0.25) is 0 Å². The molecule has 2 heterocycles.